The minimum absolute atomic E-state index is 0.597. The first-order valence-electron chi connectivity index (χ1n) is 6.96. The van der Waals surface area contributed by atoms with Gasteiger partial charge in [-0.15, -0.1) is 0 Å². The molecule has 1 aromatic rings. The Kier molecular flexibility index (Phi) is 5.11. The molecule has 100 valence electrons. The SMILES string of the molecule is COc1ccc(C)cc1C(CBr)C1CCCCC1. The van der Waals surface area contributed by atoms with Crippen molar-refractivity contribution in [2.24, 2.45) is 5.92 Å². The molecule has 1 aliphatic carbocycles. The van der Waals surface area contributed by atoms with E-state index in [1.54, 1.807) is 7.11 Å². The topological polar surface area (TPSA) is 9.23 Å². The fourth-order valence-electron chi connectivity index (χ4n) is 3.14. The molecule has 1 atom stereocenters. The van der Waals surface area contributed by atoms with Crippen molar-refractivity contribution < 1.29 is 4.74 Å². The molecule has 1 unspecified atom stereocenters. The number of alkyl halides is 1. The molecule has 18 heavy (non-hydrogen) atoms. The van der Waals surface area contributed by atoms with Crippen molar-refractivity contribution in [2.45, 2.75) is 44.9 Å². The lowest BCUT2D eigenvalue weighted by molar-refractivity contribution is 0.312. The normalized spacial score (nSPS) is 18.6. The lowest BCUT2D eigenvalue weighted by Gasteiger charge is -2.30. The first kappa shape index (κ1) is 13.9. The number of aryl methyl sites for hydroxylation is 1. The van der Waals surface area contributed by atoms with Crippen LogP contribution in [-0.4, -0.2) is 12.4 Å². The summed E-state index contributed by atoms with van der Waals surface area (Å²) in [6.45, 7) is 2.16. The number of methoxy groups -OCH3 is 1. The summed E-state index contributed by atoms with van der Waals surface area (Å²) in [5.74, 6) is 2.46. The molecule has 0 N–H and O–H groups in total. The van der Waals surface area contributed by atoms with Gasteiger partial charge in [0.25, 0.3) is 0 Å². The molecule has 1 saturated carbocycles. The van der Waals surface area contributed by atoms with Gasteiger partial charge in [-0.25, -0.2) is 0 Å². The minimum Gasteiger partial charge on any atom is -0.496 e. The summed E-state index contributed by atoms with van der Waals surface area (Å²) < 4.78 is 5.55. The maximum Gasteiger partial charge on any atom is 0.122 e. The van der Waals surface area contributed by atoms with Crippen molar-refractivity contribution in [3.05, 3.63) is 29.3 Å². The Morgan fingerprint density at radius 1 is 1.28 bits per heavy atom. The highest BCUT2D eigenvalue weighted by atomic mass is 79.9. The fraction of sp³-hybridized carbons (Fsp3) is 0.625. The number of hydrogen-bond donors (Lipinski definition) is 0. The average Bonchev–Trinajstić information content (AvgIpc) is 2.41. The van der Waals surface area contributed by atoms with Gasteiger partial charge in [0.2, 0.25) is 0 Å². The van der Waals surface area contributed by atoms with Crippen molar-refractivity contribution in [2.75, 3.05) is 12.4 Å². The van der Waals surface area contributed by atoms with E-state index in [4.69, 9.17) is 4.74 Å². The Bertz CT molecular complexity index is 383. The van der Waals surface area contributed by atoms with E-state index in [9.17, 15) is 0 Å². The number of halogens is 1. The van der Waals surface area contributed by atoms with Crippen LogP contribution in [0, 0.1) is 12.8 Å². The summed E-state index contributed by atoms with van der Waals surface area (Å²) in [4.78, 5) is 0. The predicted octanol–water partition coefficient (Wildman–Crippen LogP) is 5.06. The van der Waals surface area contributed by atoms with E-state index in [1.165, 1.54) is 43.2 Å². The van der Waals surface area contributed by atoms with Gasteiger partial charge in [-0.3, -0.25) is 0 Å². The molecule has 0 aliphatic heterocycles. The highest BCUT2D eigenvalue weighted by Gasteiger charge is 2.26. The van der Waals surface area contributed by atoms with Crippen LogP contribution in [0.25, 0.3) is 0 Å². The van der Waals surface area contributed by atoms with E-state index in [-0.39, 0.29) is 0 Å². The van der Waals surface area contributed by atoms with Gasteiger partial charge in [-0.05, 0) is 37.3 Å². The molecule has 0 amide bonds. The first-order chi connectivity index (χ1) is 8.76. The molecule has 0 spiro atoms. The van der Waals surface area contributed by atoms with Crippen LogP contribution in [0.1, 0.15) is 49.1 Å². The van der Waals surface area contributed by atoms with Crippen LogP contribution in [0.3, 0.4) is 0 Å². The van der Waals surface area contributed by atoms with Crippen LogP contribution >= 0.6 is 15.9 Å². The van der Waals surface area contributed by atoms with Crippen molar-refractivity contribution in [3.8, 4) is 5.75 Å². The van der Waals surface area contributed by atoms with Gasteiger partial charge < -0.3 is 4.74 Å². The Labute approximate surface area is 119 Å². The summed E-state index contributed by atoms with van der Waals surface area (Å²) in [6, 6.07) is 6.55. The van der Waals surface area contributed by atoms with Gasteiger partial charge in [0.1, 0.15) is 5.75 Å². The standard InChI is InChI=1S/C16H23BrO/c1-12-8-9-16(18-2)14(10-12)15(11-17)13-6-4-3-5-7-13/h8-10,13,15H,3-7,11H2,1-2H3. The lowest BCUT2D eigenvalue weighted by atomic mass is 9.77. The molecular formula is C16H23BrO. The molecule has 0 saturated heterocycles. The molecular weight excluding hydrogens is 288 g/mol. The Balaban J connectivity index is 2.27. The molecule has 0 heterocycles. The highest BCUT2D eigenvalue weighted by Crippen LogP contribution is 2.40. The maximum atomic E-state index is 5.55. The second-order valence-electron chi connectivity index (χ2n) is 5.40. The number of ether oxygens (including phenoxy) is 1. The number of rotatable bonds is 4. The summed E-state index contributed by atoms with van der Waals surface area (Å²) in [5, 5.41) is 1.04. The number of benzene rings is 1. The highest BCUT2D eigenvalue weighted by molar-refractivity contribution is 9.09. The zero-order chi connectivity index (χ0) is 13.0. The zero-order valence-corrected chi connectivity index (χ0v) is 13.0. The van der Waals surface area contributed by atoms with Crippen molar-refractivity contribution in [3.63, 3.8) is 0 Å². The Morgan fingerprint density at radius 3 is 2.61 bits per heavy atom. The van der Waals surface area contributed by atoms with Gasteiger partial charge in [-0.2, -0.15) is 0 Å². The van der Waals surface area contributed by atoms with Crippen LogP contribution in [0.15, 0.2) is 18.2 Å². The molecule has 2 rings (SSSR count). The van der Waals surface area contributed by atoms with Gasteiger partial charge in [0.15, 0.2) is 0 Å². The van der Waals surface area contributed by atoms with E-state index in [2.05, 4.69) is 41.1 Å². The molecule has 1 aromatic carbocycles. The van der Waals surface area contributed by atoms with Crippen molar-refractivity contribution in [1.82, 2.24) is 0 Å². The Hall–Kier alpha value is -0.500. The third-order valence-corrected chi connectivity index (χ3v) is 4.87. The molecule has 1 aliphatic rings. The van der Waals surface area contributed by atoms with Crippen LogP contribution in [0.5, 0.6) is 5.75 Å². The molecule has 1 fully saturated rings. The summed E-state index contributed by atoms with van der Waals surface area (Å²) >= 11 is 3.72. The van der Waals surface area contributed by atoms with Gasteiger partial charge in [0, 0.05) is 11.2 Å². The van der Waals surface area contributed by atoms with Crippen molar-refractivity contribution >= 4 is 15.9 Å². The fourth-order valence-corrected chi connectivity index (χ4v) is 4.02. The van der Waals surface area contributed by atoms with Gasteiger partial charge in [0.05, 0.1) is 7.11 Å². The predicted molar refractivity (Wildman–Crippen MR) is 80.8 cm³/mol. The Morgan fingerprint density at radius 2 is 2.00 bits per heavy atom. The number of hydrogen-bond acceptors (Lipinski definition) is 1. The molecule has 1 nitrogen and oxygen atoms in total. The molecule has 2 heteroatoms. The van der Waals surface area contributed by atoms with E-state index < -0.39 is 0 Å². The second-order valence-corrected chi connectivity index (χ2v) is 6.05. The largest absolute Gasteiger partial charge is 0.496 e. The molecule has 0 radical (unpaired) electrons. The van der Waals surface area contributed by atoms with Crippen LogP contribution < -0.4 is 4.74 Å². The summed E-state index contributed by atoms with van der Waals surface area (Å²) in [6.07, 6.45) is 6.93. The third kappa shape index (κ3) is 3.09. The van der Waals surface area contributed by atoms with Crippen LogP contribution in [0.2, 0.25) is 0 Å². The van der Waals surface area contributed by atoms with Gasteiger partial charge in [-0.1, -0.05) is 52.9 Å². The first-order valence-corrected chi connectivity index (χ1v) is 8.09. The van der Waals surface area contributed by atoms with E-state index in [1.807, 2.05) is 0 Å². The third-order valence-electron chi connectivity index (χ3n) is 4.17. The van der Waals surface area contributed by atoms with E-state index in [0.717, 1.165) is 17.0 Å². The average molecular weight is 311 g/mol. The second kappa shape index (κ2) is 6.60. The van der Waals surface area contributed by atoms with E-state index >= 15 is 0 Å². The summed E-state index contributed by atoms with van der Waals surface area (Å²) in [5.41, 5.74) is 2.72. The quantitative estimate of drug-likeness (QED) is 0.706. The van der Waals surface area contributed by atoms with Gasteiger partial charge >= 0.3 is 0 Å². The lowest BCUT2D eigenvalue weighted by Crippen LogP contribution is -2.18. The molecule has 0 aromatic heterocycles. The van der Waals surface area contributed by atoms with Crippen LogP contribution in [-0.2, 0) is 0 Å². The van der Waals surface area contributed by atoms with E-state index in [0.29, 0.717) is 5.92 Å². The smallest absolute Gasteiger partial charge is 0.122 e. The maximum absolute atomic E-state index is 5.55. The monoisotopic (exact) mass is 310 g/mol. The van der Waals surface area contributed by atoms with Crippen LogP contribution in [0.4, 0.5) is 0 Å². The van der Waals surface area contributed by atoms with Crippen molar-refractivity contribution in [1.29, 1.82) is 0 Å². The summed E-state index contributed by atoms with van der Waals surface area (Å²) in [7, 11) is 1.78. The molecule has 0 bridgehead atoms. The zero-order valence-electron chi connectivity index (χ0n) is 11.4. The minimum atomic E-state index is 0.597.